The fraction of sp³-hybridized carbons (Fsp3) is 0.786. The first kappa shape index (κ1) is 22.0. The highest BCUT2D eigenvalue weighted by atomic mass is 33.1. The molecule has 0 radical (unpaired) electrons. The first-order valence-corrected chi connectivity index (χ1v) is 11.0. The molecule has 5 nitrogen and oxygen atoms in total. The lowest BCUT2D eigenvalue weighted by atomic mass is 10.3. The van der Waals surface area contributed by atoms with Crippen molar-refractivity contribution >= 4 is 39.3 Å². The molecule has 0 bridgehead atoms. The third-order valence-corrected chi connectivity index (χ3v) is 5.77. The van der Waals surface area contributed by atoms with Gasteiger partial charge in [-0.15, -0.1) is 0 Å². The highest BCUT2D eigenvalue weighted by Gasteiger charge is 2.06. The Kier molecular flexibility index (Phi) is 14.6. The Bertz CT molecular complexity index is 320. The van der Waals surface area contributed by atoms with Crippen molar-refractivity contribution in [1.29, 1.82) is 0 Å². The predicted octanol–water partition coefficient (Wildman–Crippen LogP) is 2.48. The average molecular weight is 369 g/mol. The van der Waals surface area contributed by atoms with Gasteiger partial charge in [-0.2, -0.15) is 11.8 Å². The molecule has 0 heterocycles. The Morgan fingerprint density at radius 3 is 2.73 bits per heavy atom. The van der Waals surface area contributed by atoms with Gasteiger partial charge < -0.3 is 20.5 Å². The Morgan fingerprint density at radius 2 is 2.09 bits per heavy atom. The van der Waals surface area contributed by atoms with E-state index < -0.39 is 0 Å². The van der Waals surface area contributed by atoms with Crippen LogP contribution in [0.1, 0.15) is 19.8 Å². The number of nitrogens with two attached hydrogens (primary N) is 1. The van der Waals surface area contributed by atoms with Crippen molar-refractivity contribution in [2.24, 2.45) is 5.73 Å². The zero-order chi connectivity index (χ0) is 16.8. The summed E-state index contributed by atoms with van der Waals surface area (Å²) in [5, 5.41) is 2.77. The Labute approximate surface area is 146 Å². The van der Waals surface area contributed by atoms with Gasteiger partial charge in [-0.3, -0.25) is 4.79 Å². The maximum Gasteiger partial charge on any atom is 0.221 e. The normalized spacial score (nSPS) is 13.5. The molecule has 0 aromatic carbocycles. The van der Waals surface area contributed by atoms with Crippen LogP contribution >= 0.6 is 33.3 Å². The summed E-state index contributed by atoms with van der Waals surface area (Å²) < 4.78 is 10.2. The molecule has 0 rings (SSSR count). The Morgan fingerprint density at radius 1 is 1.36 bits per heavy atom. The van der Waals surface area contributed by atoms with Gasteiger partial charge in [0.25, 0.3) is 0 Å². The number of methoxy groups -OCH3 is 1. The number of carbonyl (C=O) groups is 1. The number of rotatable bonds is 14. The van der Waals surface area contributed by atoms with Gasteiger partial charge in [-0.25, -0.2) is 0 Å². The number of hydrogen-bond donors (Lipinski definition) is 2. The summed E-state index contributed by atoms with van der Waals surface area (Å²) in [6.45, 7) is 5.80. The number of nitrogens with one attached hydrogen (secondary N) is 1. The lowest BCUT2D eigenvalue weighted by molar-refractivity contribution is -0.121. The van der Waals surface area contributed by atoms with Crippen LogP contribution in [0.3, 0.4) is 0 Å². The third kappa shape index (κ3) is 13.6. The number of hydrogen-bond acceptors (Lipinski definition) is 7. The molecule has 130 valence electrons. The largest absolute Gasteiger partial charge is 0.468 e. The van der Waals surface area contributed by atoms with Crippen molar-refractivity contribution in [3.05, 3.63) is 12.3 Å². The van der Waals surface area contributed by atoms with Crippen LogP contribution in [0.2, 0.25) is 0 Å². The Hall–Kier alpha value is -0.0200. The maximum absolute atomic E-state index is 11.7. The second-order valence-electron chi connectivity index (χ2n) is 4.63. The van der Waals surface area contributed by atoms with Crippen LogP contribution in [0.5, 0.6) is 0 Å². The molecule has 8 heteroatoms. The van der Waals surface area contributed by atoms with Crippen LogP contribution in [0, 0.1) is 0 Å². The lowest BCUT2D eigenvalue weighted by Crippen LogP contribution is -2.27. The first-order valence-electron chi connectivity index (χ1n) is 7.12. The van der Waals surface area contributed by atoms with Crippen LogP contribution in [-0.4, -0.2) is 55.4 Å². The molecule has 0 saturated heterocycles. The number of carbonyl (C=O) groups excluding carboxylic acids is 1. The molecule has 0 saturated carbocycles. The SMILES string of the molecule is C=C(CNC(=O)CCSSCC(N)CCSC)OC(C)OC. The molecule has 0 fully saturated rings. The van der Waals surface area contributed by atoms with Crippen LogP contribution < -0.4 is 11.1 Å². The molecule has 2 atom stereocenters. The fourth-order valence-electron chi connectivity index (χ4n) is 1.29. The smallest absolute Gasteiger partial charge is 0.221 e. The summed E-state index contributed by atoms with van der Waals surface area (Å²) in [7, 11) is 4.97. The predicted molar refractivity (Wildman–Crippen MR) is 100 cm³/mol. The van der Waals surface area contributed by atoms with Gasteiger partial charge in [0.15, 0.2) is 6.29 Å². The monoisotopic (exact) mass is 368 g/mol. The summed E-state index contributed by atoms with van der Waals surface area (Å²) in [4.78, 5) is 11.7. The summed E-state index contributed by atoms with van der Waals surface area (Å²) in [5.41, 5.74) is 5.97. The molecular formula is C14H28N2O3S3. The molecule has 1 amide bonds. The quantitative estimate of drug-likeness (QED) is 0.211. The second-order valence-corrected chi connectivity index (χ2v) is 8.25. The molecule has 0 aliphatic heterocycles. The summed E-state index contributed by atoms with van der Waals surface area (Å²) in [6.07, 6.45) is 3.25. The van der Waals surface area contributed by atoms with Crippen molar-refractivity contribution in [1.82, 2.24) is 5.32 Å². The summed E-state index contributed by atoms with van der Waals surface area (Å²) in [5.74, 6) is 3.28. The van der Waals surface area contributed by atoms with Gasteiger partial charge in [-0.1, -0.05) is 28.2 Å². The van der Waals surface area contributed by atoms with Crippen molar-refractivity contribution < 1.29 is 14.3 Å². The molecule has 0 spiro atoms. The van der Waals surface area contributed by atoms with E-state index in [0.717, 1.165) is 23.7 Å². The van der Waals surface area contributed by atoms with Crippen molar-refractivity contribution in [3.8, 4) is 0 Å². The van der Waals surface area contributed by atoms with E-state index >= 15 is 0 Å². The zero-order valence-corrected chi connectivity index (χ0v) is 16.1. The summed E-state index contributed by atoms with van der Waals surface area (Å²) >= 11 is 1.82. The zero-order valence-electron chi connectivity index (χ0n) is 13.6. The molecule has 22 heavy (non-hydrogen) atoms. The van der Waals surface area contributed by atoms with E-state index in [-0.39, 0.29) is 18.2 Å². The van der Waals surface area contributed by atoms with Gasteiger partial charge >= 0.3 is 0 Å². The van der Waals surface area contributed by atoms with Crippen LogP contribution in [0.25, 0.3) is 0 Å². The van der Waals surface area contributed by atoms with E-state index in [4.69, 9.17) is 15.2 Å². The van der Waals surface area contributed by atoms with E-state index in [9.17, 15) is 4.79 Å². The van der Waals surface area contributed by atoms with E-state index in [1.54, 1.807) is 35.6 Å². The summed E-state index contributed by atoms with van der Waals surface area (Å²) in [6, 6.07) is 0.238. The van der Waals surface area contributed by atoms with Crippen LogP contribution in [0.4, 0.5) is 0 Å². The second kappa shape index (κ2) is 14.6. The lowest BCUT2D eigenvalue weighted by Gasteiger charge is -2.15. The molecule has 0 aliphatic carbocycles. The number of amides is 1. The topological polar surface area (TPSA) is 73.6 Å². The molecule has 2 unspecified atom stereocenters. The van der Waals surface area contributed by atoms with Gasteiger partial charge in [0.1, 0.15) is 5.76 Å². The minimum absolute atomic E-state index is 0.00500. The van der Waals surface area contributed by atoms with E-state index in [1.807, 2.05) is 11.8 Å². The van der Waals surface area contributed by atoms with E-state index in [0.29, 0.717) is 18.7 Å². The standard InChI is InChI=1S/C14H28N2O3S3/c1-11(19-12(2)18-3)9-16-14(17)6-8-21-22-10-13(15)5-7-20-4/h12-13H,1,5-10,15H2,2-4H3,(H,16,17). The molecule has 0 aromatic heterocycles. The van der Waals surface area contributed by atoms with Crippen molar-refractivity contribution in [3.63, 3.8) is 0 Å². The first-order chi connectivity index (χ1) is 10.5. The fourth-order valence-corrected chi connectivity index (χ4v) is 4.07. The van der Waals surface area contributed by atoms with Gasteiger partial charge in [0.05, 0.1) is 6.54 Å². The van der Waals surface area contributed by atoms with E-state index in [2.05, 4.69) is 18.2 Å². The Balaban J connectivity index is 3.52. The number of thioether (sulfide) groups is 1. The number of ether oxygens (including phenoxy) is 2. The van der Waals surface area contributed by atoms with Crippen molar-refractivity contribution in [2.45, 2.75) is 32.1 Å². The van der Waals surface area contributed by atoms with Crippen LogP contribution in [-0.2, 0) is 14.3 Å². The van der Waals surface area contributed by atoms with Crippen molar-refractivity contribution in [2.75, 3.05) is 37.2 Å². The maximum atomic E-state index is 11.7. The molecule has 0 aliphatic rings. The molecular weight excluding hydrogens is 340 g/mol. The highest BCUT2D eigenvalue weighted by molar-refractivity contribution is 8.76. The van der Waals surface area contributed by atoms with Crippen LogP contribution in [0.15, 0.2) is 12.3 Å². The highest BCUT2D eigenvalue weighted by Crippen LogP contribution is 2.23. The molecule has 0 aromatic rings. The minimum atomic E-state index is -0.355. The minimum Gasteiger partial charge on any atom is -0.468 e. The average Bonchev–Trinajstić information content (AvgIpc) is 2.50. The third-order valence-electron chi connectivity index (χ3n) is 2.62. The molecule has 3 N–H and O–H groups in total. The van der Waals surface area contributed by atoms with Gasteiger partial charge in [0, 0.05) is 31.1 Å². The van der Waals surface area contributed by atoms with Gasteiger partial charge in [0.2, 0.25) is 5.91 Å². The van der Waals surface area contributed by atoms with Gasteiger partial charge in [-0.05, 0) is 25.4 Å². The van der Waals surface area contributed by atoms with E-state index in [1.165, 1.54) is 0 Å².